The Morgan fingerprint density at radius 2 is 2.09 bits per heavy atom. The van der Waals surface area contributed by atoms with Crippen LogP contribution in [0.25, 0.3) is 0 Å². The highest BCUT2D eigenvalue weighted by Crippen LogP contribution is 2.35. The van der Waals surface area contributed by atoms with E-state index in [1.807, 2.05) is 0 Å². The summed E-state index contributed by atoms with van der Waals surface area (Å²) < 4.78 is 27.5. The summed E-state index contributed by atoms with van der Waals surface area (Å²) in [6.07, 6.45) is 0.664. The smallest absolute Gasteiger partial charge is 0.273 e. The van der Waals surface area contributed by atoms with Crippen LogP contribution >= 0.6 is 11.6 Å². The minimum Gasteiger partial charge on any atom is -0.391 e. The number of halogens is 3. The predicted molar refractivity (Wildman–Crippen MR) is 80.0 cm³/mol. The Morgan fingerprint density at radius 3 is 2.78 bits per heavy atom. The van der Waals surface area contributed by atoms with Crippen LogP contribution in [0, 0.1) is 11.6 Å². The molecule has 1 aromatic heterocycles. The van der Waals surface area contributed by atoms with E-state index in [0.717, 1.165) is 18.2 Å². The molecule has 4 nitrogen and oxygen atoms in total. The number of amides is 1. The topological polar surface area (TPSA) is 53.4 Å². The van der Waals surface area contributed by atoms with Crippen LogP contribution in [0.1, 0.15) is 28.5 Å². The number of carbonyl (C=O) groups excluding carboxylic acids is 1. The molecule has 120 valence electrons. The van der Waals surface area contributed by atoms with E-state index >= 15 is 0 Å². The Labute approximate surface area is 136 Å². The second kappa shape index (κ2) is 6.22. The molecule has 2 heterocycles. The molecule has 1 amide bonds. The van der Waals surface area contributed by atoms with Gasteiger partial charge in [-0.1, -0.05) is 11.6 Å². The summed E-state index contributed by atoms with van der Waals surface area (Å²) in [7, 11) is 0. The number of aliphatic hydroxyl groups is 1. The summed E-state index contributed by atoms with van der Waals surface area (Å²) in [5.74, 6) is -1.68. The van der Waals surface area contributed by atoms with Crippen molar-refractivity contribution < 1.29 is 18.7 Å². The zero-order valence-corrected chi connectivity index (χ0v) is 12.7. The first-order valence-electron chi connectivity index (χ1n) is 7.01. The second-order valence-electron chi connectivity index (χ2n) is 5.39. The molecule has 0 radical (unpaired) electrons. The van der Waals surface area contributed by atoms with Crippen LogP contribution in [0.2, 0.25) is 5.02 Å². The number of hydrogen-bond acceptors (Lipinski definition) is 3. The van der Waals surface area contributed by atoms with E-state index in [2.05, 4.69) is 4.98 Å². The summed E-state index contributed by atoms with van der Waals surface area (Å²) >= 11 is 5.74. The zero-order valence-electron chi connectivity index (χ0n) is 11.9. The highest BCUT2D eigenvalue weighted by atomic mass is 35.5. The summed E-state index contributed by atoms with van der Waals surface area (Å²) in [6.45, 7) is 0.0315. The van der Waals surface area contributed by atoms with Crippen molar-refractivity contribution in [3.05, 3.63) is 64.4 Å². The molecular weight excluding hydrogens is 326 g/mol. The average Bonchev–Trinajstić information content (AvgIpc) is 2.91. The molecule has 0 aliphatic carbocycles. The van der Waals surface area contributed by atoms with Crippen molar-refractivity contribution in [3.63, 3.8) is 0 Å². The molecule has 23 heavy (non-hydrogen) atoms. The Kier molecular flexibility index (Phi) is 4.28. The molecule has 0 saturated carbocycles. The summed E-state index contributed by atoms with van der Waals surface area (Å²) in [5, 5.41) is 10.3. The molecule has 2 aromatic rings. The molecule has 0 bridgehead atoms. The fraction of sp³-hybridized carbons (Fsp3) is 0.250. The normalized spacial score (nSPS) is 20.8. The number of pyridine rings is 1. The van der Waals surface area contributed by atoms with Gasteiger partial charge >= 0.3 is 0 Å². The third-order valence-electron chi connectivity index (χ3n) is 3.80. The number of β-amino-alcohol motifs (C(OH)–C–C–N with tert-alkyl or cyclic N) is 1. The highest BCUT2D eigenvalue weighted by molar-refractivity contribution is 6.30. The predicted octanol–water partition coefficient (Wildman–Crippen LogP) is 2.96. The highest BCUT2D eigenvalue weighted by Gasteiger charge is 2.37. The van der Waals surface area contributed by atoms with Gasteiger partial charge in [-0.05, 0) is 36.8 Å². The van der Waals surface area contributed by atoms with Gasteiger partial charge in [0.1, 0.15) is 17.3 Å². The number of hydrogen-bond donors (Lipinski definition) is 1. The first kappa shape index (κ1) is 15.8. The lowest BCUT2D eigenvalue weighted by atomic mass is 10.0. The maximum atomic E-state index is 14.0. The lowest BCUT2D eigenvalue weighted by Gasteiger charge is -2.24. The van der Waals surface area contributed by atoms with Crippen molar-refractivity contribution >= 4 is 17.5 Å². The Bertz CT molecular complexity index is 739. The van der Waals surface area contributed by atoms with Crippen LogP contribution in [0.15, 0.2) is 36.5 Å². The van der Waals surface area contributed by atoms with Crippen molar-refractivity contribution in [2.24, 2.45) is 0 Å². The van der Waals surface area contributed by atoms with Crippen molar-refractivity contribution in [2.75, 3.05) is 6.54 Å². The Morgan fingerprint density at radius 1 is 1.30 bits per heavy atom. The van der Waals surface area contributed by atoms with E-state index in [4.69, 9.17) is 11.6 Å². The number of nitrogens with zero attached hydrogens (tertiary/aromatic N) is 2. The van der Waals surface area contributed by atoms with E-state index < -0.39 is 29.7 Å². The van der Waals surface area contributed by atoms with E-state index in [-0.39, 0.29) is 24.2 Å². The fourth-order valence-electron chi connectivity index (χ4n) is 2.75. The lowest BCUT2D eigenvalue weighted by Crippen LogP contribution is -2.32. The standard InChI is InChI=1S/C16H13ClF2N2O2/c17-9-1-4-14(20-7-9)16(23)21-8-11(22)6-15(21)12-5-10(18)2-3-13(12)19/h1-5,7,11,15,22H,6,8H2/t11-,15-/m1/s1. The minimum atomic E-state index is -0.807. The van der Waals surface area contributed by atoms with Gasteiger partial charge in [0.2, 0.25) is 0 Å². The zero-order chi connectivity index (χ0) is 16.6. The second-order valence-corrected chi connectivity index (χ2v) is 5.83. The van der Waals surface area contributed by atoms with Crippen LogP contribution in [0.5, 0.6) is 0 Å². The van der Waals surface area contributed by atoms with Gasteiger partial charge < -0.3 is 10.0 Å². The Balaban J connectivity index is 1.95. The summed E-state index contributed by atoms with van der Waals surface area (Å²) in [5.41, 5.74) is 0.175. The van der Waals surface area contributed by atoms with E-state index in [0.29, 0.717) is 5.02 Å². The number of likely N-dealkylation sites (tertiary alicyclic amines) is 1. The molecule has 0 spiro atoms. The van der Waals surface area contributed by atoms with Crippen molar-refractivity contribution in [1.29, 1.82) is 0 Å². The van der Waals surface area contributed by atoms with Gasteiger partial charge in [-0.25, -0.2) is 13.8 Å². The molecule has 1 aliphatic heterocycles. The maximum Gasteiger partial charge on any atom is 0.273 e. The molecule has 1 fully saturated rings. The fourth-order valence-corrected chi connectivity index (χ4v) is 2.86. The van der Waals surface area contributed by atoms with E-state index in [1.165, 1.54) is 23.2 Å². The quantitative estimate of drug-likeness (QED) is 0.916. The number of benzene rings is 1. The van der Waals surface area contributed by atoms with Crippen molar-refractivity contribution in [3.8, 4) is 0 Å². The number of aliphatic hydroxyl groups excluding tert-OH is 1. The van der Waals surface area contributed by atoms with Crippen molar-refractivity contribution in [2.45, 2.75) is 18.6 Å². The van der Waals surface area contributed by atoms with Gasteiger partial charge in [0.25, 0.3) is 5.91 Å². The van der Waals surface area contributed by atoms with E-state index in [9.17, 15) is 18.7 Å². The van der Waals surface area contributed by atoms with Gasteiger partial charge in [0, 0.05) is 18.3 Å². The monoisotopic (exact) mass is 338 g/mol. The molecular formula is C16H13ClF2N2O2. The van der Waals surface area contributed by atoms with E-state index in [1.54, 1.807) is 0 Å². The average molecular weight is 339 g/mol. The molecule has 0 unspecified atom stereocenters. The first-order valence-corrected chi connectivity index (χ1v) is 7.39. The first-order chi connectivity index (χ1) is 11.0. The van der Waals surface area contributed by atoms with Crippen LogP contribution < -0.4 is 0 Å². The molecule has 1 N–H and O–H groups in total. The molecule has 3 rings (SSSR count). The number of carbonyl (C=O) groups is 1. The van der Waals surface area contributed by atoms with Gasteiger partial charge in [0.05, 0.1) is 17.2 Å². The van der Waals surface area contributed by atoms with Gasteiger partial charge in [-0.2, -0.15) is 0 Å². The van der Waals surface area contributed by atoms with Crippen LogP contribution in [-0.2, 0) is 0 Å². The number of aromatic nitrogens is 1. The van der Waals surface area contributed by atoms with Gasteiger partial charge in [0.15, 0.2) is 0 Å². The molecule has 1 saturated heterocycles. The minimum absolute atomic E-state index is 0.0315. The molecule has 7 heteroatoms. The molecule has 1 aliphatic rings. The van der Waals surface area contributed by atoms with Crippen LogP contribution in [0.3, 0.4) is 0 Å². The lowest BCUT2D eigenvalue weighted by molar-refractivity contribution is 0.0708. The maximum absolute atomic E-state index is 14.0. The van der Waals surface area contributed by atoms with Crippen LogP contribution in [-0.4, -0.2) is 33.5 Å². The SMILES string of the molecule is O=C(c1ccc(Cl)cn1)N1C[C@H](O)C[C@@H]1c1cc(F)ccc1F. The third-order valence-corrected chi connectivity index (χ3v) is 4.03. The molecule has 2 atom stereocenters. The van der Waals surface area contributed by atoms with Gasteiger partial charge in [-0.15, -0.1) is 0 Å². The Hall–Kier alpha value is -2.05. The molecule has 1 aromatic carbocycles. The van der Waals surface area contributed by atoms with Gasteiger partial charge in [-0.3, -0.25) is 4.79 Å². The largest absolute Gasteiger partial charge is 0.391 e. The third kappa shape index (κ3) is 3.18. The summed E-state index contributed by atoms with van der Waals surface area (Å²) in [6, 6.07) is 5.30. The van der Waals surface area contributed by atoms with Crippen molar-refractivity contribution in [1.82, 2.24) is 9.88 Å². The summed E-state index contributed by atoms with van der Waals surface area (Å²) in [4.78, 5) is 17.8. The number of rotatable bonds is 2. The van der Waals surface area contributed by atoms with Crippen LogP contribution in [0.4, 0.5) is 8.78 Å².